The van der Waals surface area contributed by atoms with E-state index in [1.807, 2.05) is 31.2 Å². The number of benzene rings is 2. The predicted octanol–water partition coefficient (Wildman–Crippen LogP) is 4.47. The first-order valence-corrected chi connectivity index (χ1v) is 11.1. The van der Waals surface area contributed by atoms with Crippen LogP contribution in [-0.2, 0) is 19.0 Å². The number of carbonyl (C=O) groups excluding carboxylic acids is 2. The lowest BCUT2D eigenvalue weighted by atomic mass is 9.96. The van der Waals surface area contributed by atoms with Crippen molar-refractivity contribution in [3.05, 3.63) is 59.7 Å². The van der Waals surface area contributed by atoms with Gasteiger partial charge in [-0.1, -0.05) is 55.5 Å². The van der Waals surface area contributed by atoms with Gasteiger partial charge in [-0.15, -0.1) is 0 Å². The molecule has 1 aliphatic heterocycles. The van der Waals surface area contributed by atoms with Gasteiger partial charge in [0.1, 0.15) is 6.61 Å². The van der Waals surface area contributed by atoms with Crippen molar-refractivity contribution in [2.75, 3.05) is 13.2 Å². The average Bonchev–Trinajstić information content (AvgIpc) is 3.25. The van der Waals surface area contributed by atoms with E-state index in [1.54, 1.807) is 0 Å². The van der Waals surface area contributed by atoms with Crippen LogP contribution < -0.4 is 0 Å². The highest BCUT2D eigenvalue weighted by Crippen LogP contribution is 2.44. The highest BCUT2D eigenvalue weighted by molar-refractivity contribution is 5.85. The largest absolute Gasteiger partial charge is 0.448 e. The van der Waals surface area contributed by atoms with Gasteiger partial charge in [0, 0.05) is 12.3 Å². The van der Waals surface area contributed by atoms with Crippen LogP contribution in [0.15, 0.2) is 48.5 Å². The Morgan fingerprint density at radius 1 is 1.03 bits per heavy atom. The topological polar surface area (TPSA) is 65.1 Å². The van der Waals surface area contributed by atoms with E-state index in [9.17, 15) is 9.59 Å². The fraction of sp³-hybridized carbons (Fsp3) is 0.440. The van der Waals surface area contributed by atoms with E-state index >= 15 is 0 Å². The van der Waals surface area contributed by atoms with Crippen LogP contribution in [0.3, 0.4) is 0 Å². The van der Waals surface area contributed by atoms with E-state index in [4.69, 9.17) is 14.2 Å². The molecule has 2 aliphatic carbocycles. The molecule has 6 heteroatoms. The van der Waals surface area contributed by atoms with Gasteiger partial charge < -0.3 is 14.2 Å². The Morgan fingerprint density at radius 2 is 1.68 bits per heavy atom. The number of hydrogen-bond acceptors (Lipinski definition) is 5. The van der Waals surface area contributed by atoms with Crippen molar-refractivity contribution in [2.45, 2.75) is 56.9 Å². The minimum Gasteiger partial charge on any atom is -0.448 e. The first-order chi connectivity index (χ1) is 15.2. The SMILES string of the molecule is CCC1OC(=O)[C@H](COC2CCC2)N1C(=O)OCC1c2ccccc2-c2ccccc21. The summed E-state index contributed by atoms with van der Waals surface area (Å²) in [5.74, 6) is -0.444. The number of rotatable bonds is 6. The molecule has 3 aliphatic rings. The van der Waals surface area contributed by atoms with Gasteiger partial charge in [-0.2, -0.15) is 0 Å². The molecule has 0 radical (unpaired) electrons. The lowest BCUT2D eigenvalue weighted by Gasteiger charge is -2.29. The molecular formula is C25H27NO5. The van der Waals surface area contributed by atoms with Crippen molar-refractivity contribution in [1.29, 1.82) is 0 Å². The lowest BCUT2D eigenvalue weighted by molar-refractivity contribution is -0.144. The maximum atomic E-state index is 13.1. The number of fused-ring (bicyclic) bond motifs is 3. The summed E-state index contributed by atoms with van der Waals surface area (Å²) in [5.41, 5.74) is 4.67. The zero-order valence-corrected chi connectivity index (χ0v) is 17.7. The molecule has 2 fully saturated rings. The van der Waals surface area contributed by atoms with E-state index < -0.39 is 24.3 Å². The number of hydrogen-bond donors (Lipinski definition) is 0. The number of ether oxygens (including phenoxy) is 3. The van der Waals surface area contributed by atoms with Gasteiger partial charge in [0.05, 0.1) is 12.7 Å². The van der Waals surface area contributed by atoms with Crippen molar-refractivity contribution in [3.63, 3.8) is 0 Å². The summed E-state index contributed by atoms with van der Waals surface area (Å²) in [4.78, 5) is 26.9. The van der Waals surface area contributed by atoms with Crippen LogP contribution in [0.25, 0.3) is 11.1 Å². The summed E-state index contributed by atoms with van der Waals surface area (Å²) in [6.45, 7) is 2.26. The molecule has 1 saturated carbocycles. The number of nitrogens with zero attached hydrogens (tertiary/aromatic N) is 1. The second-order valence-electron chi connectivity index (χ2n) is 8.41. The molecule has 0 aromatic heterocycles. The molecule has 0 N–H and O–H groups in total. The fourth-order valence-electron chi connectivity index (χ4n) is 4.69. The molecule has 0 bridgehead atoms. The van der Waals surface area contributed by atoms with Crippen molar-refractivity contribution in [1.82, 2.24) is 4.90 Å². The van der Waals surface area contributed by atoms with E-state index in [0.29, 0.717) is 6.42 Å². The number of amides is 1. The maximum Gasteiger partial charge on any atom is 0.413 e. The second kappa shape index (κ2) is 8.35. The summed E-state index contributed by atoms with van der Waals surface area (Å²) < 4.78 is 17.0. The van der Waals surface area contributed by atoms with Gasteiger partial charge in [-0.05, 0) is 41.5 Å². The Balaban J connectivity index is 1.31. The van der Waals surface area contributed by atoms with E-state index in [1.165, 1.54) is 16.0 Å². The van der Waals surface area contributed by atoms with Crippen LogP contribution in [-0.4, -0.2) is 48.5 Å². The molecular weight excluding hydrogens is 394 g/mol. The standard InChI is InChI=1S/C25H27NO5/c1-2-23-26(22(24(27)31-23)15-29-16-8-7-9-16)25(28)30-14-21-19-12-5-3-10-17(19)18-11-4-6-13-20(18)21/h3-6,10-13,16,21-23H,2,7-9,14-15H2,1H3/t22-,23?/m0/s1. The Labute approximate surface area is 182 Å². The number of carbonyl (C=O) groups is 2. The molecule has 2 aromatic rings. The molecule has 5 rings (SSSR count). The molecule has 1 heterocycles. The maximum absolute atomic E-state index is 13.1. The third kappa shape index (κ3) is 3.59. The van der Waals surface area contributed by atoms with Gasteiger partial charge in [0.2, 0.25) is 0 Å². The van der Waals surface area contributed by atoms with Gasteiger partial charge >= 0.3 is 12.1 Å². The fourth-order valence-corrected chi connectivity index (χ4v) is 4.69. The van der Waals surface area contributed by atoms with Crippen LogP contribution in [0.1, 0.15) is 49.7 Å². The van der Waals surface area contributed by atoms with Crippen LogP contribution in [0.5, 0.6) is 0 Å². The van der Waals surface area contributed by atoms with Crippen LogP contribution >= 0.6 is 0 Å². The third-order valence-electron chi connectivity index (χ3n) is 6.61. The summed E-state index contributed by atoms with van der Waals surface area (Å²) in [6.07, 6.45) is 2.70. The van der Waals surface area contributed by atoms with Gasteiger partial charge in [-0.25, -0.2) is 9.59 Å². The monoisotopic (exact) mass is 421 g/mol. The lowest BCUT2D eigenvalue weighted by Crippen LogP contribution is -2.46. The summed E-state index contributed by atoms with van der Waals surface area (Å²) in [7, 11) is 0. The van der Waals surface area contributed by atoms with Crippen LogP contribution in [0, 0.1) is 0 Å². The summed E-state index contributed by atoms with van der Waals surface area (Å²) >= 11 is 0. The Hall–Kier alpha value is -2.86. The molecule has 31 heavy (non-hydrogen) atoms. The van der Waals surface area contributed by atoms with Gasteiger partial charge in [0.15, 0.2) is 12.3 Å². The second-order valence-corrected chi connectivity index (χ2v) is 8.41. The first-order valence-electron chi connectivity index (χ1n) is 11.1. The predicted molar refractivity (Wildman–Crippen MR) is 114 cm³/mol. The Bertz CT molecular complexity index is 940. The highest BCUT2D eigenvalue weighted by atomic mass is 16.6. The third-order valence-corrected chi connectivity index (χ3v) is 6.61. The van der Waals surface area contributed by atoms with Gasteiger partial charge in [-0.3, -0.25) is 4.90 Å². The molecule has 1 amide bonds. The Morgan fingerprint density at radius 3 is 2.26 bits per heavy atom. The van der Waals surface area contributed by atoms with E-state index in [0.717, 1.165) is 30.4 Å². The van der Waals surface area contributed by atoms with Crippen LogP contribution in [0.2, 0.25) is 0 Å². The average molecular weight is 421 g/mol. The summed E-state index contributed by atoms with van der Waals surface area (Å²) in [6, 6.07) is 15.7. The quantitative estimate of drug-likeness (QED) is 0.644. The zero-order valence-electron chi connectivity index (χ0n) is 17.7. The molecule has 6 nitrogen and oxygen atoms in total. The molecule has 1 unspecified atom stereocenters. The van der Waals surface area contributed by atoms with E-state index in [-0.39, 0.29) is 25.2 Å². The number of cyclic esters (lactones) is 1. The minimum absolute atomic E-state index is 0.0275. The normalized spacial score (nSPS) is 22.6. The van der Waals surface area contributed by atoms with Crippen molar-refractivity contribution >= 4 is 12.1 Å². The summed E-state index contributed by atoms with van der Waals surface area (Å²) in [5, 5.41) is 0. The van der Waals surface area contributed by atoms with Gasteiger partial charge in [0.25, 0.3) is 0 Å². The molecule has 2 atom stereocenters. The number of esters is 1. The van der Waals surface area contributed by atoms with Crippen molar-refractivity contribution in [3.8, 4) is 11.1 Å². The molecule has 162 valence electrons. The van der Waals surface area contributed by atoms with E-state index in [2.05, 4.69) is 24.3 Å². The van der Waals surface area contributed by atoms with Crippen molar-refractivity contribution < 1.29 is 23.8 Å². The van der Waals surface area contributed by atoms with Crippen molar-refractivity contribution in [2.24, 2.45) is 0 Å². The zero-order chi connectivity index (χ0) is 21.4. The first kappa shape index (κ1) is 20.1. The van der Waals surface area contributed by atoms with Crippen LogP contribution in [0.4, 0.5) is 4.79 Å². The minimum atomic E-state index is -0.749. The highest BCUT2D eigenvalue weighted by Gasteiger charge is 2.46. The Kier molecular flexibility index (Phi) is 5.40. The smallest absolute Gasteiger partial charge is 0.413 e. The molecule has 1 saturated heterocycles. The molecule has 0 spiro atoms. The molecule has 2 aromatic carbocycles.